The van der Waals surface area contributed by atoms with Crippen LogP contribution in [0.4, 0.5) is 4.79 Å². The molecule has 13 nitrogen and oxygen atoms in total. The smallest absolute Gasteiger partial charge is 0.315 e. The summed E-state index contributed by atoms with van der Waals surface area (Å²) in [5, 5.41) is 11.6. The van der Waals surface area contributed by atoms with Crippen LogP contribution < -0.4 is 21.3 Å². The number of fused-ring (bicyclic) bond motifs is 1. The van der Waals surface area contributed by atoms with E-state index in [1.807, 2.05) is 62.3 Å². The van der Waals surface area contributed by atoms with Gasteiger partial charge in [-0.25, -0.2) is 4.79 Å². The largest absolute Gasteiger partial charge is 0.349 e. The molecule has 0 aromatic carbocycles. The van der Waals surface area contributed by atoms with Crippen molar-refractivity contribution in [3.8, 4) is 0 Å². The number of urea groups is 1. The molecular weight excluding hydrogens is 664 g/mol. The molecule has 0 bridgehead atoms. The van der Waals surface area contributed by atoms with Gasteiger partial charge in [0.2, 0.25) is 29.4 Å². The lowest BCUT2D eigenvalue weighted by molar-refractivity contribution is -0.153. The minimum absolute atomic E-state index is 0.00341. The molecule has 0 spiro atoms. The van der Waals surface area contributed by atoms with Gasteiger partial charge in [0.1, 0.15) is 17.6 Å². The first kappa shape index (κ1) is 39.7. The summed E-state index contributed by atoms with van der Waals surface area (Å²) >= 11 is 0. The molecule has 5 rings (SSSR count). The minimum Gasteiger partial charge on any atom is -0.349 e. The Hall–Kier alpha value is -3.51. The van der Waals surface area contributed by atoms with Crippen LogP contribution in [0.2, 0.25) is 0 Å². The number of ketones is 1. The Bertz CT molecular complexity index is 1500. The van der Waals surface area contributed by atoms with Gasteiger partial charge < -0.3 is 26.2 Å². The second-order valence-corrected chi connectivity index (χ2v) is 19.9. The molecule has 3 saturated carbocycles. The van der Waals surface area contributed by atoms with Gasteiger partial charge in [0.25, 0.3) is 5.91 Å². The summed E-state index contributed by atoms with van der Waals surface area (Å²) in [5.74, 6) is -2.58. The molecule has 52 heavy (non-hydrogen) atoms. The number of nitrogens with one attached hydrogen (secondary N) is 4. The van der Waals surface area contributed by atoms with E-state index in [0.717, 1.165) is 12.8 Å². The molecule has 0 radical (unpaired) electrons. The second kappa shape index (κ2) is 13.4. The number of piperidine rings is 2. The molecule has 5 fully saturated rings. The third kappa shape index (κ3) is 7.88. The van der Waals surface area contributed by atoms with Crippen LogP contribution in [0.5, 0.6) is 0 Å². The number of likely N-dealkylation sites (tertiary alicyclic amines) is 2. The summed E-state index contributed by atoms with van der Waals surface area (Å²) in [6, 6.07) is -3.14. The van der Waals surface area contributed by atoms with E-state index in [-0.39, 0.29) is 54.4 Å². The fraction of sp³-hybridized carbons (Fsp3) is 0.821. The Kier molecular flexibility index (Phi) is 10.2. The molecule has 7 atom stereocenters. The van der Waals surface area contributed by atoms with Gasteiger partial charge in [-0.2, -0.15) is 0 Å². The topological polar surface area (TPSA) is 174 Å². The predicted molar refractivity (Wildman–Crippen MR) is 194 cm³/mol. The van der Waals surface area contributed by atoms with Crippen molar-refractivity contribution >= 4 is 41.4 Å². The van der Waals surface area contributed by atoms with Crippen molar-refractivity contribution in [1.82, 2.24) is 31.1 Å². The Labute approximate surface area is 308 Å². The summed E-state index contributed by atoms with van der Waals surface area (Å²) in [6.45, 7) is 21.9. The highest BCUT2D eigenvalue weighted by Gasteiger charge is 2.71. The summed E-state index contributed by atoms with van der Waals surface area (Å²) in [5.41, 5.74) is -3.23. The lowest BCUT2D eigenvalue weighted by atomic mass is 9.80. The van der Waals surface area contributed by atoms with Crippen LogP contribution in [0, 0.1) is 45.3 Å². The average Bonchev–Trinajstić information content (AvgIpc) is 3.96. The van der Waals surface area contributed by atoms with Gasteiger partial charge in [0.05, 0.1) is 6.04 Å². The van der Waals surface area contributed by atoms with Gasteiger partial charge in [-0.05, 0) is 64.6 Å². The molecule has 2 saturated heterocycles. The first-order chi connectivity index (χ1) is 23.8. The van der Waals surface area contributed by atoms with E-state index in [1.165, 1.54) is 4.90 Å². The van der Waals surface area contributed by atoms with E-state index in [2.05, 4.69) is 35.1 Å². The maximum Gasteiger partial charge on any atom is 0.315 e. The van der Waals surface area contributed by atoms with Gasteiger partial charge in [0.15, 0.2) is 0 Å². The van der Waals surface area contributed by atoms with E-state index in [9.17, 15) is 33.6 Å². The molecular formula is C39H62N6O7. The van der Waals surface area contributed by atoms with Crippen molar-refractivity contribution in [2.45, 2.75) is 138 Å². The quantitative estimate of drug-likeness (QED) is 0.177. The van der Waals surface area contributed by atoms with Crippen LogP contribution in [-0.4, -0.2) is 94.4 Å². The zero-order chi connectivity index (χ0) is 38.9. The van der Waals surface area contributed by atoms with E-state index in [1.54, 1.807) is 4.90 Å². The molecule has 3 aliphatic carbocycles. The number of carbonyl (C=O) groups is 7. The van der Waals surface area contributed by atoms with Crippen LogP contribution in [0.3, 0.4) is 0 Å². The molecule has 4 N–H and O–H groups in total. The van der Waals surface area contributed by atoms with Crippen LogP contribution in [0.25, 0.3) is 0 Å². The SMILES string of the molecule is CC[C@H]1C[C@]1(NC(=O)[C@@H]1[C@@H]2[C@H](CN1C(=O)[C@@H](NC(=O)N[C@H](CN1C(=O)CC(C)(C)CC1=O)C(C)(C)C)C(C)(C)C)C2(C)C)C(=O)C(=O)NCC1CC1. The molecule has 0 aromatic rings. The highest BCUT2D eigenvalue weighted by atomic mass is 16.2. The summed E-state index contributed by atoms with van der Waals surface area (Å²) < 4.78 is 0. The molecule has 13 heteroatoms. The van der Waals surface area contributed by atoms with Crippen molar-refractivity contribution in [3.63, 3.8) is 0 Å². The maximum atomic E-state index is 14.5. The molecule has 0 unspecified atom stereocenters. The van der Waals surface area contributed by atoms with Gasteiger partial charge >= 0.3 is 6.03 Å². The number of imide groups is 1. The second-order valence-electron chi connectivity index (χ2n) is 19.9. The number of hydrogen-bond donors (Lipinski definition) is 4. The van der Waals surface area contributed by atoms with Crippen molar-refractivity contribution in [2.24, 2.45) is 45.3 Å². The average molecular weight is 727 g/mol. The number of hydrogen-bond acceptors (Lipinski definition) is 7. The van der Waals surface area contributed by atoms with Gasteiger partial charge in [0, 0.05) is 32.5 Å². The minimum atomic E-state index is -1.29. The first-order valence-electron chi connectivity index (χ1n) is 19.2. The summed E-state index contributed by atoms with van der Waals surface area (Å²) in [4.78, 5) is 97.8. The zero-order valence-corrected chi connectivity index (χ0v) is 33.2. The monoisotopic (exact) mass is 726 g/mol. The standard InChI is InChI=1S/C39H62N6O7/c1-12-22-15-39(22,30(48)32(50)40-18-21-13-14-21)43-31(49)28-27-23(38(27,10)11)19-45(28)33(51)29(36(5,6)7)42-34(52)41-24(35(2,3)4)20-44-25(46)16-37(8,9)17-26(44)47/h21-24,27-29H,12-20H2,1-11H3,(H,40,50)(H,43,49)(H2,41,42,52)/t22-,23-,24+,27-,28-,29+,39+/m0/s1. The third-order valence-corrected chi connectivity index (χ3v) is 12.5. The molecule has 2 heterocycles. The number of amides is 7. The Morgan fingerprint density at radius 3 is 1.98 bits per heavy atom. The highest BCUT2D eigenvalue weighted by molar-refractivity contribution is 6.41. The van der Waals surface area contributed by atoms with Gasteiger partial charge in [-0.15, -0.1) is 0 Å². The Balaban J connectivity index is 1.32. The lowest BCUT2D eigenvalue weighted by Crippen LogP contribution is -2.63. The predicted octanol–water partition coefficient (Wildman–Crippen LogP) is 3.15. The Morgan fingerprint density at radius 1 is 0.885 bits per heavy atom. The van der Waals surface area contributed by atoms with Crippen molar-refractivity contribution < 1.29 is 33.6 Å². The first-order valence-corrected chi connectivity index (χ1v) is 19.2. The fourth-order valence-electron chi connectivity index (χ4n) is 8.54. The van der Waals surface area contributed by atoms with Crippen LogP contribution in [-0.2, 0) is 28.8 Å². The third-order valence-electron chi connectivity index (χ3n) is 12.5. The zero-order valence-electron chi connectivity index (χ0n) is 33.2. The molecule has 290 valence electrons. The number of nitrogens with zero attached hydrogens (tertiary/aromatic N) is 2. The van der Waals surface area contributed by atoms with Crippen molar-refractivity contribution in [1.29, 1.82) is 0 Å². The molecule has 7 amide bonds. The molecule has 5 aliphatic rings. The van der Waals surface area contributed by atoms with Gasteiger partial charge in [-0.3, -0.25) is 33.7 Å². The van der Waals surface area contributed by atoms with E-state index in [0.29, 0.717) is 31.8 Å². The van der Waals surface area contributed by atoms with Crippen molar-refractivity contribution in [2.75, 3.05) is 19.6 Å². The molecule has 0 aromatic heterocycles. The van der Waals surface area contributed by atoms with Crippen LogP contribution in [0.1, 0.15) is 115 Å². The van der Waals surface area contributed by atoms with E-state index < -0.39 is 69.4 Å². The summed E-state index contributed by atoms with van der Waals surface area (Å²) in [6.07, 6.45) is 3.50. The number of Topliss-reactive ketones (excluding diaryl/α,β-unsaturated/α-hetero) is 1. The lowest BCUT2D eigenvalue weighted by Gasteiger charge is -2.41. The van der Waals surface area contributed by atoms with E-state index in [4.69, 9.17) is 0 Å². The Morgan fingerprint density at radius 2 is 1.48 bits per heavy atom. The van der Waals surface area contributed by atoms with E-state index >= 15 is 0 Å². The number of carbonyl (C=O) groups excluding carboxylic acids is 7. The van der Waals surface area contributed by atoms with Crippen LogP contribution in [0.15, 0.2) is 0 Å². The summed E-state index contributed by atoms with van der Waals surface area (Å²) in [7, 11) is 0. The molecule has 2 aliphatic heterocycles. The van der Waals surface area contributed by atoms with Gasteiger partial charge in [-0.1, -0.05) is 82.6 Å². The van der Waals surface area contributed by atoms with Crippen LogP contribution >= 0.6 is 0 Å². The fourth-order valence-corrected chi connectivity index (χ4v) is 8.54. The number of rotatable bonds is 12. The highest BCUT2D eigenvalue weighted by Crippen LogP contribution is 2.65. The van der Waals surface area contributed by atoms with Crippen molar-refractivity contribution in [3.05, 3.63) is 0 Å². The normalized spacial score (nSPS) is 30.1. The maximum absolute atomic E-state index is 14.5.